The molecule has 76 valence electrons. The molecule has 2 nitrogen and oxygen atoms in total. The van der Waals surface area contributed by atoms with E-state index >= 15 is 0 Å². The van der Waals surface area contributed by atoms with Gasteiger partial charge in [-0.15, -0.1) is 0 Å². The molecule has 0 spiro atoms. The summed E-state index contributed by atoms with van der Waals surface area (Å²) in [7, 11) is 1.39. The highest BCUT2D eigenvalue weighted by Gasteiger charge is 2.20. The Labute approximate surface area is 92.4 Å². The van der Waals surface area contributed by atoms with Gasteiger partial charge in [-0.2, -0.15) is 0 Å². The highest BCUT2D eigenvalue weighted by molar-refractivity contribution is 9.09. The van der Waals surface area contributed by atoms with Gasteiger partial charge in [-0.05, 0) is 30.5 Å². The average molecular weight is 257 g/mol. The van der Waals surface area contributed by atoms with Crippen LogP contribution in [0.4, 0.5) is 0 Å². The van der Waals surface area contributed by atoms with Crippen molar-refractivity contribution in [1.29, 1.82) is 0 Å². The molecule has 1 rings (SSSR count). The number of carbonyl (C=O) groups is 1. The zero-order valence-electron chi connectivity index (χ0n) is 8.50. The molecule has 0 aromatic heterocycles. The second-order valence-corrected chi connectivity index (χ2v) is 4.11. The molecule has 1 unspecified atom stereocenters. The van der Waals surface area contributed by atoms with Crippen molar-refractivity contribution in [3.05, 3.63) is 34.9 Å². The van der Waals surface area contributed by atoms with Crippen molar-refractivity contribution in [1.82, 2.24) is 0 Å². The van der Waals surface area contributed by atoms with Gasteiger partial charge in [-0.3, -0.25) is 4.79 Å². The van der Waals surface area contributed by atoms with Crippen molar-refractivity contribution < 1.29 is 9.53 Å². The van der Waals surface area contributed by atoms with E-state index in [0.29, 0.717) is 0 Å². The van der Waals surface area contributed by atoms with E-state index in [2.05, 4.69) is 15.9 Å². The lowest BCUT2D eigenvalue weighted by Gasteiger charge is -2.13. The van der Waals surface area contributed by atoms with Crippen molar-refractivity contribution in [3.63, 3.8) is 0 Å². The molecule has 1 atom stereocenters. The predicted octanol–water partition coefficient (Wildman–Crippen LogP) is 2.91. The summed E-state index contributed by atoms with van der Waals surface area (Å²) in [5.41, 5.74) is 3.19. The van der Waals surface area contributed by atoms with Crippen LogP contribution in [0.5, 0.6) is 0 Å². The highest BCUT2D eigenvalue weighted by Crippen LogP contribution is 2.29. The van der Waals surface area contributed by atoms with Crippen molar-refractivity contribution in [3.8, 4) is 0 Å². The summed E-state index contributed by atoms with van der Waals surface area (Å²) in [6.07, 6.45) is 0. The quantitative estimate of drug-likeness (QED) is 0.601. The fourth-order valence-corrected chi connectivity index (χ4v) is 2.36. The van der Waals surface area contributed by atoms with E-state index in [0.717, 1.165) is 16.7 Å². The van der Waals surface area contributed by atoms with Crippen LogP contribution in [0.2, 0.25) is 0 Å². The Balaban J connectivity index is 3.11. The van der Waals surface area contributed by atoms with Gasteiger partial charge in [-0.25, -0.2) is 0 Å². The lowest BCUT2D eigenvalue weighted by atomic mass is 10.0. The SMILES string of the molecule is COC(=O)C(Br)c1c(C)cccc1C. The van der Waals surface area contributed by atoms with E-state index in [-0.39, 0.29) is 10.8 Å². The number of ether oxygens (including phenoxy) is 1. The van der Waals surface area contributed by atoms with Crippen LogP contribution < -0.4 is 0 Å². The molecular formula is C11H13BrO2. The maximum Gasteiger partial charge on any atom is 0.324 e. The number of halogens is 1. The predicted molar refractivity (Wildman–Crippen MR) is 59.6 cm³/mol. The summed E-state index contributed by atoms with van der Waals surface area (Å²) in [6, 6.07) is 5.95. The van der Waals surface area contributed by atoms with Gasteiger partial charge < -0.3 is 4.74 Å². The van der Waals surface area contributed by atoms with Crippen LogP contribution in [0.1, 0.15) is 21.5 Å². The molecule has 0 radical (unpaired) electrons. The molecule has 0 saturated carbocycles. The first kappa shape index (κ1) is 11.2. The minimum absolute atomic E-state index is 0.262. The van der Waals surface area contributed by atoms with E-state index in [1.807, 2.05) is 32.0 Å². The monoisotopic (exact) mass is 256 g/mol. The number of aryl methyl sites for hydroxylation is 2. The number of rotatable bonds is 2. The number of carbonyl (C=O) groups excluding carboxylic acids is 1. The van der Waals surface area contributed by atoms with Crippen LogP contribution in [0, 0.1) is 13.8 Å². The van der Waals surface area contributed by atoms with Crippen molar-refractivity contribution in [2.45, 2.75) is 18.7 Å². The van der Waals surface area contributed by atoms with Crippen molar-refractivity contribution in [2.24, 2.45) is 0 Å². The molecule has 14 heavy (non-hydrogen) atoms. The van der Waals surface area contributed by atoms with E-state index in [4.69, 9.17) is 4.74 Å². The minimum atomic E-state index is -0.367. The zero-order valence-corrected chi connectivity index (χ0v) is 10.1. The number of alkyl halides is 1. The summed E-state index contributed by atoms with van der Waals surface area (Å²) < 4.78 is 4.69. The molecule has 0 aliphatic carbocycles. The number of hydrogen-bond acceptors (Lipinski definition) is 2. The highest BCUT2D eigenvalue weighted by atomic mass is 79.9. The molecular weight excluding hydrogens is 244 g/mol. The Morgan fingerprint density at radius 2 is 1.86 bits per heavy atom. The summed E-state index contributed by atoms with van der Waals surface area (Å²) in [5, 5.41) is 0. The van der Waals surface area contributed by atoms with Crippen LogP contribution in [0.25, 0.3) is 0 Å². The second-order valence-electron chi connectivity index (χ2n) is 3.19. The standard InChI is InChI=1S/C11H13BrO2/c1-7-5-4-6-8(2)9(7)10(12)11(13)14-3/h4-6,10H,1-3H3. The molecule has 0 fully saturated rings. The first-order valence-electron chi connectivity index (χ1n) is 4.36. The van der Waals surface area contributed by atoms with Crippen LogP contribution in [0.15, 0.2) is 18.2 Å². The molecule has 1 aromatic carbocycles. The molecule has 0 amide bonds. The molecule has 3 heteroatoms. The Kier molecular flexibility index (Phi) is 3.69. The summed E-state index contributed by atoms with van der Waals surface area (Å²) >= 11 is 3.34. The van der Waals surface area contributed by atoms with Gasteiger partial charge in [0.2, 0.25) is 0 Å². The van der Waals surface area contributed by atoms with Gasteiger partial charge in [-0.1, -0.05) is 34.1 Å². The summed E-state index contributed by atoms with van der Waals surface area (Å²) in [6.45, 7) is 3.97. The Hall–Kier alpha value is -0.830. The van der Waals surface area contributed by atoms with Crippen LogP contribution in [-0.2, 0) is 9.53 Å². The molecule has 1 aromatic rings. The van der Waals surface area contributed by atoms with E-state index < -0.39 is 0 Å². The fraction of sp³-hybridized carbons (Fsp3) is 0.364. The van der Waals surface area contributed by atoms with Gasteiger partial charge in [0.1, 0.15) is 4.83 Å². The number of benzene rings is 1. The molecule has 0 N–H and O–H groups in total. The third-order valence-electron chi connectivity index (χ3n) is 2.20. The van der Waals surface area contributed by atoms with Gasteiger partial charge in [0.25, 0.3) is 0 Å². The third kappa shape index (κ3) is 2.15. The smallest absolute Gasteiger partial charge is 0.324 e. The maximum absolute atomic E-state index is 11.3. The average Bonchev–Trinajstić information content (AvgIpc) is 2.16. The number of esters is 1. The minimum Gasteiger partial charge on any atom is -0.468 e. The van der Waals surface area contributed by atoms with E-state index in [1.165, 1.54) is 7.11 Å². The second kappa shape index (κ2) is 4.60. The first-order chi connectivity index (χ1) is 6.57. The van der Waals surface area contributed by atoms with E-state index in [1.54, 1.807) is 0 Å². The Morgan fingerprint density at radius 3 is 2.29 bits per heavy atom. The lowest BCUT2D eigenvalue weighted by molar-refractivity contribution is -0.139. The molecule has 0 aliphatic rings. The topological polar surface area (TPSA) is 26.3 Å². The summed E-state index contributed by atoms with van der Waals surface area (Å²) in [4.78, 5) is 11.0. The van der Waals surface area contributed by atoms with Gasteiger partial charge >= 0.3 is 5.97 Å². The Morgan fingerprint density at radius 1 is 1.36 bits per heavy atom. The van der Waals surface area contributed by atoms with Gasteiger partial charge in [0.15, 0.2) is 0 Å². The molecule has 0 saturated heterocycles. The normalized spacial score (nSPS) is 12.3. The van der Waals surface area contributed by atoms with E-state index in [9.17, 15) is 4.79 Å². The van der Waals surface area contributed by atoms with Crippen molar-refractivity contribution >= 4 is 21.9 Å². The Bertz CT molecular complexity index is 327. The first-order valence-corrected chi connectivity index (χ1v) is 5.27. The van der Waals surface area contributed by atoms with Gasteiger partial charge in [0.05, 0.1) is 7.11 Å². The fourth-order valence-electron chi connectivity index (χ4n) is 1.45. The van der Waals surface area contributed by atoms with Crippen LogP contribution in [0.3, 0.4) is 0 Å². The van der Waals surface area contributed by atoms with Crippen LogP contribution in [-0.4, -0.2) is 13.1 Å². The molecule has 0 bridgehead atoms. The maximum atomic E-state index is 11.3. The van der Waals surface area contributed by atoms with Gasteiger partial charge in [0, 0.05) is 0 Å². The van der Waals surface area contributed by atoms with Crippen molar-refractivity contribution in [2.75, 3.05) is 7.11 Å². The summed E-state index contributed by atoms with van der Waals surface area (Å²) in [5.74, 6) is -0.262. The molecule has 0 aliphatic heterocycles. The zero-order chi connectivity index (χ0) is 10.7. The molecule has 0 heterocycles. The third-order valence-corrected chi connectivity index (χ3v) is 3.04. The lowest BCUT2D eigenvalue weighted by Crippen LogP contribution is -2.10. The largest absolute Gasteiger partial charge is 0.468 e. The number of hydrogen-bond donors (Lipinski definition) is 0. The van der Waals surface area contributed by atoms with Crippen LogP contribution >= 0.6 is 15.9 Å². The number of methoxy groups -OCH3 is 1.